The fraction of sp³-hybridized carbons (Fsp3) is 0.675. The van der Waals surface area contributed by atoms with E-state index < -0.39 is 128 Å². The van der Waals surface area contributed by atoms with Gasteiger partial charge >= 0.3 is 11.9 Å². The number of ketones is 1. The van der Waals surface area contributed by atoms with E-state index in [0.717, 1.165) is 6.42 Å². The number of carbonyl (C=O) groups is 3. The van der Waals surface area contributed by atoms with Crippen LogP contribution in [0.3, 0.4) is 0 Å². The lowest BCUT2D eigenvalue weighted by Gasteiger charge is -2.45. The number of rotatable bonds is 5. The van der Waals surface area contributed by atoms with Gasteiger partial charge in [-0.1, -0.05) is 81.0 Å². The molecule has 2 saturated heterocycles. The molecule has 0 aromatic carbocycles. The molecular formula is C40H61NO15. The van der Waals surface area contributed by atoms with E-state index in [1.165, 1.54) is 13.0 Å². The van der Waals surface area contributed by atoms with Crippen LogP contribution in [0, 0.1) is 11.8 Å². The minimum absolute atomic E-state index is 0.0294. The maximum Gasteiger partial charge on any atom is 0.311 e. The Hall–Kier alpha value is -3.13. The normalized spacial score (nSPS) is 39.7. The van der Waals surface area contributed by atoms with Crippen molar-refractivity contribution < 1.29 is 74.2 Å². The second-order valence-electron chi connectivity index (χ2n) is 15.0. The van der Waals surface area contributed by atoms with Crippen LogP contribution in [0.15, 0.2) is 60.8 Å². The number of aliphatic carboxylic acids is 1. The van der Waals surface area contributed by atoms with Crippen LogP contribution in [0.2, 0.25) is 0 Å². The third kappa shape index (κ3) is 14.7. The smallest absolute Gasteiger partial charge is 0.311 e. The van der Waals surface area contributed by atoms with E-state index in [0.29, 0.717) is 6.42 Å². The first-order valence-corrected chi connectivity index (χ1v) is 19.3. The van der Waals surface area contributed by atoms with E-state index in [4.69, 9.17) is 24.7 Å². The summed E-state index contributed by atoms with van der Waals surface area (Å²) in [6.45, 7) is 5.45. The van der Waals surface area contributed by atoms with Gasteiger partial charge in [-0.05, 0) is 19.3 Å². The minimum Gasteiger partial charge on any atom is -0.481 e. The molecule has 0 radical (unpaired) electrons. The van der Waals surface area contributed by atoms with Crippen LogP contribution >= 0.6 is 0 Å². The predicted molar refractivity (Wildman–Crippen MR) is 201 cm³/mol. The van der Waals surface area contributed by atoms with E-state index in [1.807, 2.05) is 19.9 Å². The van der Waals surface area contributed by atoms with Gasteiger partial charge in [-0.15, -0.1) is 0 Å². The topological polar surface area (TPSA) is 276 Å². The van der Waals surface area contributed by atoms with Crippen molar-refractivity contribution in [2.75, 3.05) is 0 Å². The Morgan fingerprint density at radius 2 is 1.55 bits per heavy atom. The van der Waals surface area contributed by atoms with Crippen molar-refractivity contribution in [3.05, 3.63) is 60.8 Å². The Balaban J connectivity index is 1.91. The highest BCUT2D eigenvalue weighted by molar-refractivity contribution is 5.80. The minimum atomic E-state index is -2.34. The van der Waals surface area contributed by atoms with Gasteiger partial charge in [-0.3, -0.25) is 14.4 Å². The number of carboxylic acids is 1. The van der Waals surface area contributed by atoms with E-state index in [9.17, 15) is 55.2 Å². The van der Waals surface area contributed by atoms with Gasteiger partial charge in [0, 0.05) is 38.5 Å². The second kappa shape index (κ2) is 22.7. The van der Waals surface area contributed by atoms with Crippen molar-refractivity contribution in [1.29, 1.82) is 0 Å². The maximum absolute atomic E-state index is 12.6. The molecule has 10 N–H and O–H groups in total. The Morgan fingerprint density at radius 3 is 2.20 bits per heavy atom. The van der Waals surface area contributed by atoms with Gasteiger partial charge in [0.2, 0.25) is 0 Å². The molecule has 0 aliphatic carbocycles. The van der Waals surface area contributed by atoms with Gasteiger partial charge in [-0.25, -0.2) is 0 Å². The van der Waals surface area contributed by atoms with E-state index in [1.54, 1.807) is 48.6 Å². The lowest BCUT2D eigenvalue weighted by atomic mass is 9.82. The summed E-state index contributed by atoms with van der Waals surface area (Å²) in [5, 5.41) is 85.5. The summed E-state index contributed by atoms with van der Waals surface area (Å²) < 4.78 is 23.2. The molecule has 2 bridgehead atoms. The van der Waals surface area contributed by atoms with Gasteiger partial charge in [0.25, 0.3) is 0 Å². The fourth-order valence-corrected chi connectivity index (χ4v) is 6.85. The molecule has 0 aromatic rings. The molecule has 0 spiro atoms. The maximum atomic E-state index is 12.6. The zero-order chi connectivity index (χ0) is 41.6. The summed E-state index contributed by atoms with van der Waals surface area (Å²) in [4.78, 5) is 37.7. The third-order valence-corrected chi connectivity index (χ3v) is 10.4. The van der Waals surface area contributed by atoms with Crippen LogP contribution < -0.4 is 5.73 Å². The summed E-state index contributed by atoms with van der Waals surface area (Å²) in [6.07, 6.45) is 1.21. The van der Waals surface area contributed by atoms with Crippen LogP contribution in [0.1, 0.15) is 78.6 Å². The van der Waals surface area contributed by atoms with Crippen LogP contribution in [-0.4, -0.2) is 138 Å². The summed E-state index contributed by atoms with van der Waals surface area (Å²) in [5.41, 5.74) is 5.99. The molecule has 16 nitrogen and oxygen atoms in total. The number of aliphatic hydroxyl groups excluding tert-OH is 6. The quantitative estimate of drug-likeness (QED) is 0.174. The first-order chi connectivity index (χ1) is 26.4. The number of hydrogen-bond acceptors (Lipinski definition) is 15. The average Bonchev–Trinajstić information content (AvgIpc) is 3.11. The molecule has 3 rings (SSSR count). The number of cyclic esters (lactones) is 1. The largest absolute Gasteiger partial charge is 0.481 e. The molecule has 316 valence electrons. The number of esters is 1. The van der Waals surface area contributed by atoms with Crippen molar-refractivity contribution in [2.24, 2.45) is 17.6 Å². The molecule has 3 heterocycles. The Kier molecular flexibility index (Phi) is 19.2. The number of hydrogen-bond donors (Lipinski definition) is 9. The van der Waals surface area contributed by atoms with Crippen LogP contribution in [0.25, 0.3) is 0 Å². The first-order valence-electron chi connectivity index (χ1n) is 19.3. The molecule has 0 saturated carbocycles. The molecule has 3 aliphatic rings. The molecule has 0 aromatic heterocycles. The molecular weight excluding hydrogens is 734 g/mol. The summed E-state index contributed by atoms with van der Waals surface area (Å²) >= 11 is 0. The van der Waals surface area contributed by atoms with Crippen LogP contribution in [0.5, 0.6) is 0 Å². The Labute approximate surface area is 327 Å². The lowest BCUT2D eigenvalue weighted by molar-refractivity contribution is -0.310. The number of allylic oxidation sites excluding steroid dienone is 8. The molecule has 0 amide bonds. The van der Waals surface area contributed by atoms with Gasteiger partial charge < -0.3 is 65.5 Å². The number of carbonyl (C=O) groups excluding carboxylic acids is 2. The highest BCUT2D eigenvalue weighted by Crippen LogP contribution is 2.38. The summed E-state index contributed by atoms with van der Waals surface area (Å²) in [7, 11) is 0. The first kappa shape index (κ1) is 47.2. The van der Waals surface area contributed by atoms with E-state index in [2.05, 4.69) is 0 Å². The number of ether oxygens (including phenoxy) is 4. The molecule has 56 heavy (non-hydrogen) atoms. The lowest BCUT2D eigenvalue weighted by Crippen LogP contribution is -2.61. The van der Waals surface area contributed by atoms with E-state index >= 15 is 0 Å². The molecule has 3 aliphatic heterocycles. The Bertz CT molecular complexity index is 1420. The van der Waals surface area contributed by atoms with Crippen LogP contribution in [-0.2, 0) is 33.3 Å². The van der Waals surface area contributed by atoms with Gasteiger partial charge in [0.1, 0.15) is 23.9 Å². The summed E-state index contributed by atoms with van der Waals surface area (Å²) in [6, 6.07) is -1.13. The van der Waals surface area contributed by atoms with Crippen molar-refractivity contribution in [3.8, 4) is 0 Å². The number of fused-ring (bicyclic) bond motifs is 2. The van der Waals surface area contributed by atoms with Gasteiger partial charge in [0.05, 0.1) is 61.3 Å². The molecule has 15 atom stereocenters. The van der Waals surface area contributed by atoms with E-state index in [-0.39, 0.29) is 25.2 Å². The second-order valence-corrected chi connectivity index (χ2v) is 15.0. The Morgan fingerprint density at radius 1 is 0.929 bits per heavy atom. The van der Waals surface area contributed by atoms with Crippen molar-refractivity contribution in [2.45, 2.75) is 158 Å². The fourth-order valence-electron chi connectivity index (χ4n) is 6.85. The zero-order valence-electron chi connectivity index (χ0n) is 32.2. The third-order valence-electron chi connectivity index (χ3n) is 10.4. The van der Waals surface area contributed by atoms with Gasteiger partial charge in [0.15, 0.2) is 12.1 Å². The van der Waals surface area contributed by atoms with Crippen molar-refractivity contribution >= 4 is 17.7 Å². The summed E-state index contributed by atoms with van der Waals surface area (Å²) in [5.74, 6) is -6.47. The highest BCUT2D eigenvalue weighted by Gasteiger charge is 2.51. The average molecular weight is 796 g/mol. The number of Topliss-reactive ketones (excluding diaryl/α,β-unsaturated/α-hetero) is 1. The SMILES string of the molecule is CCC(C)C1CC=CC=CC=CC=CC=CC(OC2OC(C)C(O)C(N)C2O)CC2OC(O)(CC(O)C(O)CCC(=O)CC(O)CC(=O)O1)CC(O)C2C(=O)O. The zero-order valence-corrected chi connectivity index (χ0v) is 32.2. The van der Waals surface area contributed by atoms with Gasteiger partial charge in [-0.2, -0.15) is 0 Å². The van der Waals surface area contributed by atoms with Crippen LogP contribution in [0.4, 0.5) is 0 Å². The predicted octanol–water partition coefficient (Wildman–Crippen LogP) is 0.840. The monoisotopic (exact) mass is 795 g/mol. The molecule has 16 heteroatoms. The molecule has 15 unspecified atom stereocenters. The number of aliphatic hydroxyl groups is 7. The standard InChI is InChI=1S/C40H61NO15/c1-4-23(2)31-15-13-11-9-7-5-6-8-10-12-14-27(54-39-37(49)35(41)36(48)24(3)53-39)20-32-34(38(50)51)30(46)22-40(52,56-32)21-29(45)28(44)17-16-25(42)18-26(43)19-33(47)55-31/h5-14,23-24,26-32,34-37,39,43-46,48-49,52H,4,15-22,41H2,1-3H3,(H,50,51). The molecule has 2 fully saturated rings. The van der Waals surface area contributed by atoms with Crippen molar-refractivity contribution in [3.63, 3.8) is 0 Å². The number of nitrogens with two attached hydrogens (primary N) is 1. The number of carboxylic acid groups (broad SMARTS) is 1. The van der Waals surface area contributed by atoms with Crippen molar-refractivity contribution in [1.82, 2.24) is 0 Å². The highest BCUT2D eigenvalue weighted by atomic mass is 16.7.